The molecule has 20 heavy (non-hydrogen) atoms. The molecule has 0 saturated carbocycles. The Kier molecular flexibility index (Phi) is 3.43. The quantitative estimate of drug-likeness (QED) is 0.641. The molecule has 1 atom stereocenters. The van der Waals surface area contributed by atoms with Crippen molar-refractivity contribution in [3.63, 3.8) is 0 Å². The molecule has 0 radical (unpaired) electrons. The van der Waals surface area contributed by atoms with Crippen LogP contribution in [0.4, 0.5) is 17.3 Å². The van der Waals surface area contributed by atoms with E-state index in [1.54, 1.807) is 7.05 Å². The largest absolute Gasteiger partial charge is 0.373 e. The molecule has 4 rings (SSSR count). The zero-order chi connectivity index (χ0) is 14.1. The van der Waals surface area contributed by atoms with Gasteiger partial charge in [-0.3, -0.25) is 10.1 Å². The maximum absolute atomic E-state index is 11.0. The van der Waals surface area contributed by atoms with Crippen LogP contribution in [0.3, 0.4) is 0 Å². The molecule has 3 saturated heterocycles. The highest BCUT2D eigenvalue weighted by Gasteiger charge is 2.34. The number of nitro groups is 1. The molecule has 3 aliphatic rings. The Morgan fingerprint density at radius 1 is 1.35 bits per heavy atom. The molecule has 1 aromatic heterocycles. The van der Waals surface area contributed by atoms with Crippen LogP contribution in [0.1, 0.15) is 12.8 Å². The van der Waals surface area contributed by atoms with Crippen molar-refractivity contribution in [2.24, 2.45) is 5.92 Å². The number of pyridine rings is 1. The van der Waals surface area contributed by atoms with Crippen LogP contribution in [0.25, 0.3) is 0 Å². The maximum atomic E-state index is 11.0. The van der Waals surface area contributed by atoms with Crippen LogP contribution in [0.2, 0.25) is 0 Å². The molecule has 0 amide bonds. The zero-order valence-corrected chi connectivity index (χ0v) is 11.5. The first kappa shape index (κ1) is 13.1. The van der Waals surface area contributed by atoms with E-state index >= 15 is 0 Å². The van der Waals surface area contributed by atoms with E-state index in [1.165, 1.54) is 38.1 Å². The summed E-state index contributed by atoms with van der Waals surface area (Å²) < 4.78 is 0. The van der Waals surface area contributed by atoms with Crippen molar-refractivity contribution in [1.82, 2.24) is 9.88 Å². The van der Waals surface area contributed by atoms with Crippen molar-refractivity contribution >= 4 is 17.3 Å². The number of hydrogen-bond acceptors (Lipinski definition) is 6. The van der Waals surface area contributed by atoms with E-state index in [1.807, 2.05) is 0 Å². The fourth-order valence-electron chi connectivity index (χ4n) is 3.14. The summed E-state index contributed by atoms with van der Waals surface area (Å²) >= 11 is 0. The summed E-state index contributed by atoms with van der Waals surface area (Å²) in [6.45, 7) is 3.35. The molecule has 1 unspecified atom stereocenters. The van der Waals surface area contributed by atoms with Crippen molar-refractivity contribution in [3.8, 4) is 0 Å². The first-order valence-electron chi connectivity index (χ1n) is 6.99. The summed E-state index contributed by atoms with van der Waals surface area (Å²) in [5.41, 5.74) is 0.0631. The molecule has 1 aromatic rings. The smallest absolute Gasteiger partial charge is 0.276 e. The van der Waals surface area contributed by atoms with Crippen LogP contribution < -0.4 is 10.6 Å². The number of anilines is 2. The summed E-state index contributed by atoms with van der Waals surface area (Å²) in [5, 5.41) is 17.2. The van der Waals surface area contributed by atoms with E-state index in [-0.39, 0.29) is 10.6 Å². The molecule has 3 fully saturated rings. The van der Waals surface area contributed by atoms with Crippen molar-refractivity contribution in [1.29, 1.82) is 0 Å². The van der Waals surface area contributed by atoms with Gasteiger partial charge in [0.25, 0.3) is 5.69 Å². The van der Waals surface area contributed by atoms with Gasteiger partial charge in [0.1, 0.15) is 11.6 Å². The van der Waals surface area contributed by atoms with Gasteiger partial charge in [-0.1, -0.05) is 0 Å². The van der Waals surface area contributed by atoms with Gasteiger partial charge in [0.2, 0.25) is 0 Å². The van der Waals surface area contributed by atoms with E-state index in [0.717, 1.165) is 6.54 Å². The first-order chi connectivity index (χ1) is 9.65. The highest BCUT2D eigenvalue weighted by Crippen LogP contribution is 2.30. The van der Waals surface area contributed by atoms with Crippen LogP contribution in [0.15, 0.2) is 12.1 Å². The van der Waals surface area contributed by atoms with E-state index in [0.29, 0.717) is 23.6 Å². The number of aromatic nitrogens is 1. The van der Waals surface area contributed by atoms with Crippen molar-refractivity contribution < 1.29 is 4.92 Å². The van der Waals surface area contributed by atoms with E-state index in [9.17, 15) is 10.1 Å². The number of nitrogens with zero attached hydrogens (tertiary/aromatic N) is 3. The lowest BCUT2D eigenvalue weighted by molar-refractivity contribution is -0.384. The summed E-state index contributed by atoms with van der Waals surface area (Å²) in [6, 6.07) is 3.30. The topological polar surface area (TPSA) is 83.3 Å². The zero-order valence-electron chi connectivity index (χ0n) is 11.5. The molecular formula is C13H19N5O2. The minimum Gasteiger partial charge on any atom is -0.373 e. The van der Waals surface area contributed by atoms with Crippen molar-refractivity contribution in [2.45, 2.75) is 18.9 Å². The second-order valence-electron chi connectivity index (χ2n) is 5.49. The van der Waals surface area contributed by atoms with Crippen LogP contribution in [0, 0.1) is 16.0 Å². The van der Waals surface area contributed by atoms with Gasteiger partial charge in [-0.05, 0) is 31.8 Å². The van der Waals surface area contributed by atoms with Crippen LogP contribution >= 0.6 is 0 Å². The highest BCUT2D eigenvalue weighted by molar-refractivity contribution is 5.54. The second kappa shape index (κ2) is 5.24. The minimum absolute atomic E-state index is 0.0631. The minimum atomic E-state index is -0.385. The van der Waals surface area contributed by atoms with E-state index in [2.05, 4.69) is 20.5 Å². The Morgan fingerprint density at radius 2 is 2.05 bits per heavy atom. The van der Waals surface area contributed by atoms with Gasteiger partial charge in [-0.15, -0.1) is 0 Å². The average Bonchev–Trinajstić information content (AvgIpc) is 2.48. The van der Waals surface area contributed by atoms with Gasteiger partial charge in [-0.25, -0.2) is 4.98 Å². The number of piperidine rings is 3. The molecule has 4 heterocycles. The van der Waals surface area contributed by atoms with Gasteiger partial charge in [0, 0.05) is 19.6 Å². The third kappa shape index (κ3) is 2.53. The summed E-state index contributed by atoms with van der Waals surface area (Å²) in [4.78, 5) is 17.4. The molecule has 0 aliphatic carbocycles. The summed E-state index contributed by atoms with van der Waals surface area (Å²) in [5.74, 6) is 1.75. The molecule has 2 N–H and O–H groups in total. The molecule has 108 valence electrons. The number of nitrogens with one attached hydrogen (secondary N) is 2. The Hall–Kier alpha value is -1.89. The Labute approximate surface area is 117 Å². The molecule has 2 bridgehead atoms. The number of hydrogen-bond donors (Lipinski definition) is 2. The summed E-state index contributed by atoms with van der Waals surface area (Å²) in [7, 11) is 1.71. The molecule has 0 aromatic carbocycles. The van der Waals surface area contributed by atoms with Gasteiger partial charge in [0.15, 0.2) is 0 Å². The number of fused-ring (bicyclic) bond motifs is 3. The Morgan fingerprint density at radius 3 is 2.60 bits per heavy atom. The predicted octanol–water partition coefficient (Wildman–Crippen LogP) is 1.54. The molecule has 0 spiro atoms. The van der Waals surface area contributed by atoms with Crippen LogP contribution in [-0.4, -0.2) is 47.5 Å². The van der Waals surface area contributed by atoms with Gasteiger partial charge >= 0.3 is 0 Å². The third-order valence-electron chi connectivity index (χ3n) is 4.27. The molecule has 7 nitrogen and oxygen atoms in total. The fraction of sp³-hybridized carbons (Fsp3) is 0.615. The Balaban J connectivity index is 1.79. The molecule has 7 heteroatoms. The highest BCUT2D eigenvalue weighted by atomic mass is 16.6. The van der Waals surface area contributed by atoms with Crippen LogP contribution in [-0.2, 0) is 0 Å². The second-order valence-corrected chi connectivity index (χ2v) is 5.49. The summed E-state index contributed by atoms with van der Waals surface area (Å²) in [6.07, 6.45) is 2.40. The van der Waals surface area contributed by atoms with Gasteiger partial charge in [-0.2, -0.15) is 0 Å². The fourth-order valence-corrected chi connectivity index (χ4v) is 3.14. The lowest BCUT2D eigenvalue weighted by atomic mass is 9.84. The van der Waals surface area contributed by atoms with Gasteiger partial charge in [0.05, 0.1) is 17.1 Å². The predicted molar refractivity (Wildman–Crippen MR) is 77.0 cm³/mol. The van der Waals surface area contributed by atoms with E-state index in [4.69, 9.17) is 0 Å². The number of rotatable bonds is 4. The SMILES string of the molecule is CNc1cc([N+](=O)[O-])cc(NC2CN3CCC2CC3)n1. The average molecular weight is 277 g/mol. The lowest BCUT2D eigenvalue weighted by Crippen LogP contribution is -2.53. The lowest BCUT2D eigenvalue weighted by Gasteiger charge is -2.45. The monoisotopic (exact) mass is 277 g/mol. The maximum Gasteiger partial charge on any atom is 0.276 e. The molecular weight excluding hydrogens is 258 g/mol. The van der Waals surface area contributed by atoms with E-state index < -0.39 is 0 Å². The van der Waals surface area contributed by atoms with Crippen LogP contribution in [0.5, 0.6) is 0 Å². The Bertz CT molecular complexity index is 513. The van der Waals surface area contributed by atoms with Gasteiger partial charge < -0.3 is 15.5 Å². The normalized spacial score (nSPS) is 28.1. The standard InChI is InChI=1S/C13H19N5O2/c1-14-12-6-10(18(19)20)7-13(16-12)15-11-8-17-4-2-9(11)3-5-17/h6-7,9,11H,2-5,8H2,1H3,(H2,14,15,16). The molecule has 3 aliphatic heterocycles. The van der Waals surface area contributed by atoms with Crippen molar-refractivity contribution in [3.05, 3.63) is 22.2 Å². The first-order valence-corrected chi connectivity index (χ1v) is 6.99. The van der Waals surface area contributed by atoms with Crippen molar-refractivity contribution in [2.75, 3.05) is 37.3 Å². The third-order valence-corrected chi connectivity index (χ3v) is 4.27.